The Bertz CT molecular complexity index is 431. The lowest BCUT2D eigenvalue weighted by Gasteiger charge is -2.15. The van der Waals surface area contributed by atoms with E-state index in [1.54, 1.807) is 0 Å². The van der Waals surface area contributed by atoms with E-state index in [9.17, 15) is 4.79 Å². The van der Waals surface area contributed by atoms with Crippen LogP contribution in [0.4, 0.5) is 0 Å². The third-order valence-corrected chi connectivity index (χ3v) is 4.52. The number of hydrogen-bond acceptors (Lipinski definition) is 6. The summed E-state index contributed by atoms with van der Waals surface area (Å²) in [6.45, 7) is 2.83. The van der Waals surface area contributed by atoms with Gasteiger partial charge in [-0.05, 0) is 36.2 Å². The molecule has 8 heteroatoms. The van der Waals surface area contributed by atoms with Gasteiger partial charge in [-0.15, -0.1) is 5.10 Å². The minimum Gasteiger partial charge on any atom is -0.368 e. The van der Waals surface area contributed by atoms with Gasteiger partial charge in [-0.25, -0.2) is 4.68 Å². The molecule has 1 atom stereocenters. The largest absolute Gasteiger partial charge is 0.368 e. The van der Waals surface area contributed by atoms with Crippen molar-refractivity contribution in [2.45, 2.75) is 56.3 Å². The van der Waals surface area contributed by atoms with Gasteiger partial charge in [-0.3, -0.25) is 4.79 Å². The lowest BCUT2D eigenvalue weighted by atomic mass is 10.3. The maximum absolute atomic E-state index is 11.4. The maximum Gasteiger partial charge on any atom is 0.235 e. The number of nitrogens with two attached hydrogens (primary N) is 1. The summed E-state index contributed by atoms with van der Waals surface area (Å²) in [5.74, 6) is 0.230. The van der Waals surface area contributed by atoms with E-state index in [0.717, 1.165) is 31.0 Å². The molecule has 1 heterocycles. The molecule has 20 heavy (non-hydrogen) atoms. The summed E-state index contributed by atoms with van der Waals surface area (Å²) in [7, 11) is 0. The second-order valence-corrected chi connectivity index (χ2v) is 6.05. The van der Waals surface area contributed by atoms with Crippen LogP contribution in [0, 0.1) is 0 Å². The summed E-state index contributed by atoms with van der Waals surface area (Å²) < 4.78 is 1.90. The second kappa shape index (κ2) is 7.58. The van der Waals surface area contributed by atoms with E-state index in [-0.39, 0.29) is 11.9 Å². The molecule has 1 aromatic rings. The first kappa shape index (κ1) is 15.2. The molecule has 0 aliphatic heterocycles. The fourth-order valence-corrected chi connectivity index (χ4v) is 3.39. The van der Waals surface area contributed by atoms with Gasteiger partial charge in [0.25, 0.3) is 0 Å². The van der Waals surface area contributed by atoms with Crippen LogP contribution in [0.3, 0.4) is 0 Å². The molecule has 1 aromatic heterocycles. The molecule has 1 unspecified atom stereocenters. The van der Waals surface area contributed by atoms with E-state index in [4.69, 9.17) is 5.73 Å². The summed E-state index contributed by atoms with van der Waals surface area (Å²) in [6.07, 6.45) is 5.69. The molecular formula is C12H22N6OS. The van der Waals surface area contributed by atoms with E-state index >= 15 is 0 Å². The number of thioether (sulfide) groups is 1. The zero-order valence-corrected chi connectivity index (χ0v) is 12.6. The van der Waals surface area contributed by atoms with Crippen LogP contribution in [0.15, 0.2) is 5.16 Å². The number of hydrogen-bond donors (Lipinski definition) is 2. The summed E-state index contributed by atoms with van der Waals surface area (Å²) in [4.78, 5) is 11.4. The summed E-state index contributed by atoms with van der Waals surface area (Å²) >= 11 is 1.49. The van der Waals surface area contributed by atoms with Gasteiger partial charge >= 0.3 is 0 Å². The van der Waals surface area contributed by atoms with Crippen LogP contribution in [0.5, 0.6) is 0 Å². The Morgan fingerprint density at radius 3 is 2.95 bits per heavy atom. The van der Waals surface area contributed by atoms with Crippen LogP contribution >= 0.6 is 11.8 Å². The standard InChI is InChI=1S/C12H22N6OS/c1-2-7-14-10(11(13)19)8-20-12-15-16-17-18(12)9-5-3-4-6-9/h9-10,14H,2-8H2,1H3,(H2,13,19). The van der Waals surface area contributed by atoms with Gasteiger partial charge < -0.3 is 11.1 Å². The molecule has 0 spiro atoms. The number of carbonyl (C=O) groups excluding carboxylic acids is 1. The van der Waals surface area contributed by atoms with Crippen LogP contribution in [0.2, 0.25) is 0 Å². The summed E-state index contributed by atoms with van der Waals surface area (Å²) in [5.41, 5.74) is 5.40. The molecule has 2 rings (SSSR count). The Labute approximate surface area is 123 Å². The van der Waals surface area contributed by atoms with Crippen molar-refractivity contribution < 1.29 is 4.79 Å². The lowest BCUT2D eigenvalue weighted by Crippen LogP contribution is -2.43. The molecule has 0 bridgehead atoms. The normalized spacial score (nSPS) is 17.4. The number of nitrogens with one attached hydrogen (secondary N) is 1. The first-order valence-electron chi connectivity index (χ1n) is 7.15. The molecule has 0 radical (unpaired) electrons. The molecule has 1 saturated carbocycles. The van der Waals surface area contributed by atoms with Crippen molar-refractivity contribution in [3.8, 4) is 0 Å². The van der Waals surface area contributed by atoms with Crippen molar-refractivity contribution in [1.82, 2.24) is 25.5 Å². The fraction of sp³-hybridized carbons (Fsp3) is 0.833. The molecule has 0 aromatic carbocycles. The highest BCUT2D eigenvalue weighted by atomic mass is 32.2. The predicted molar refractivity (Wildman–Crippen MR) is 77.3 cm³/mol. The van der Waals surface area contributed by atoms with E-state index < -0.39 is 0 Å². The Morgan fingerprint density at radius 1 is 1.55 bits per heavy atom. The first-order valence-corrected chi connectivity index (χ1v) is 8.14. The van der Waals surface area contributed by atoms with Crippen LogP contribution < -0.4 is 11.1 Å². The topological polar surface area (TPSA) is 98.7 Å². The smallest absolute Gasteiger partial charge is 0.235 e. The van der Waals surface area contributed by atoms with E-state index in [1.165, 1.54) is 24.6 Å². The number of nitrogens with zero attached hydrogens (tertiary/aromatic N) is 4. The van der Waals surface area contributed by atoms with Crippen LogP contribution in [0.1, 0.15) is 45.1 Å². The Hall–Kier alpha value is -1.15. The van der Waals surface area contributed by atoms with Crippen molar-refractivity contribution in [3.05, 3.63) is 0 Å². The minimum atomic E-state index is -0.339. The SMILES string of the molecule is CCCNC(CSc1nnnn1C1CCCC1)C(N)=O. The van der Waals surface area contributed by atoms with E-state index in [1.807, 2.05) is 4.68 Å². The van der Waals surface area contributed by atoms with Crippen molar-refractivity contribution >= 4 is 17.7 Å². The number of rotatable bonds is 8. The Morgan fingerprint density at radius 2 is 2.30 bits per heavy atom. The molecule has 112 valence electrons. The van der Waals surface area contributed by atoms with Gasteiger partial charge in [0.2, 0.25) is 11.1 Å². The van der Waals surface area contributed by atoms with Crippen LogP contribution in [-0.4, -0.2) is 44.5 Å². The number of amides is 1. The highest BCUT2D eigenvalue weighted by Gasteiger charge is 2.23. The van der Waals surface area contributed by atoms with Crippen molar-refractivity contribution in [1.29, 1.82) is 0 Å². The molecule has 1 aliphatic carbocycles. The lowest BCUT2D eigenvalue weighted by molar-refractivity contribution is -0.119. The number of aromatic nitrogens is 4. The highest BCUT2D eigenvalue weighted by Crippen LogP contribution is 2.31. The average Bonchev–Trinajstić information content (AvgIpc) is 3.08. The number of tetrazole rings is 1. The highest BCUT2D eigenvalue weighted by molar-refractivity contribution is 7.99. The predicted octanol–water partition coefficient (Wildman–Crippen LogP) is 0.734. The van der Waals surface area contributed by atoms with Gasteiger partial charge in [0.05, 0.1) is 12.1 Å². The Balaban J connectivity index is 1.92. The van der Waals surface area contributed by atoms with Gasteiger partial charge in [0, 0.05) is 5.75 Å². The average molecular weight is 298 g/mol. The molecule has 1 fully saturated rings. The molecular weight excluding hydrogens is 276 g/mol. The molecule has 0 saturated heterocycles. The minimum absolute atomic E-state index is 0.328. The summed E-state index contributed by atoms with van der Waals surface area (Å²) in [6, 6.07) is 0.0665. The molecule has 1 amide bonds. The van der Waals surface area contributed by atoms with Crippen LogP contribution in [-0.2, 0) is 4.79 Å². The van der Waals surface area contributed by atoms with Crippen molar-refractivity contribution in [2.24, 2.45) is 5.73 Å². The van der Waals surface area contributed by atoms with E-state index in [0.29, 0.717) is 11.8 Å². The second-order valence-electron chi connectivity index (χ2n) is 5.06. The van der Waals surface area contributed by atoms with Gasteiger partial charge in [-0.2, -0.15) is 0 Å². The van der Waals surface area contributed by atoms with Crippen LogP contribution in [0.25, 0.3) is 0 Å². The van der Waals surface area contributed by atoms with E-state index in [2.05, 4.69) is 27.8 Å². The van der Waals surface area contributed by atoms with Gasteiger partial charge in [0.15, 0.2) is 0 Å². The maximum atomic E-state index is 11.4. The quantitative estimate of drug-likeness (QED) is 0.687. The molecule has 7 nitrogen and oxygen atoms in total. The monoisotopic (exact) mass is 298 g/mol. The molecule has 3 N–H and O–H groups in total. The van der Waals surface area contributed by atoms with Crippen molar-refractivity contribution in [2.75, 3.05) is 12.3 Å². The molecule has 1 aliphatic rings. The van der Waals surface area contributed by atoms with Crippen molar-refractivity contribution in [3.63, 3.8) is 0 Å². The third kappa shape index (κ3) is 3.92. The zero-order chi connectivity index (χ0) is 14.4. The zero-order valence-electron chi connectivity index (χ0n) is 11.8. The summed E-state index contributed by atoms with van der Waals surface area (Å²) in [5, 5.41) is 15.8. The first-order chi connectivity index (χ1) is 9.72. The third-order valence-electron chi connectivity index (χ3n) is 3.50. The number of primary amides is 1. The van der Waals surface area contributed by atoms with Gasteiger partial charge in [0.1, 0.15) is 0 Å². The number of carbonyl (C=O) groups is 1. The fourth-order valence-electron chi connectivity index (χ4n) is 2.38. The Kier molecular flexibility index (Phi) is 5.78. The van der Waals surface area contributed by atoms with Gasteiger partial charge in [-0.1, -0.05) is 31.5 Å².